The standard InChI is InChI=1S/C33H41FN3O5.C32H38FN3O5.CH3/c1-22(2)42-32(39)27-20-36(21-33(3,4)29-26-12-9-24(34)19-28(26)35-30(27)29)31(38)23-7-10-25(11-8-23)41-16-6-13-37(5)14-17-40-18-15-37;1-21(2)41-31(38)26-19-36(20-32(3,4)28-25-11-8-23(33)18-27(25)34-29(26)28)30(37)22-6-9-24(10-7-22)40-15-5-12-35-13-16-39-17-14-35;/h7-12,19-20,22,35H,6,13-18,21H2,1-5H3;6-11,18-19,21,34H,5,12-17,20H2,1-4H3;1H3/q+1;;-1. The van der Waals surface area contributed by atoms with Crippen LogP contribution in [0.1, 0.15) is 111 Å². The van der Waals surface area contributed by atoms with Crippen molar-refractivity contribution in [1.82, 2.24) is 24.7 Å². The first-order chi connectivity index (χ1) is 39.6. The Hall–Kier alpha value is -7.38. The molecule has 0 bridgehead atoms. The van der Waals surface area contributed by atoms with E-state index in [1.165, 1.54) is 24.3 Å². The van der Waals surface area contributed by atoms with Gasteiger partial charge in [0.15, 0.2) is 0 Å². The number of quaternary nitrogens is 1. The van der Waals surface area contributed by atoms with E-state index in [4.69, 9.17) is 28.4 Å². The van der Waals surface area contributed by atoms with Crippen LogP contribution in [0.4, 0.5) is 8.78 Å². The maximum absolute atomic E-state index is 14.1. The molecule has 10 rings (SSSR count). The first-order valence-electron chi connectivity index (χ1n) is 28.9. The molecule has 6 aromatic rings. The van der Waals surface area contributed by atoms with Crippen molar-refractivity contribution < 1.29 is 60.9 Å². The Morgan fingerprint density at radius 2 is 1.02 bits per heavy atom. The fourth-order valence-corrected chi connectivity index (χ4v) is 11.5. The summed E-state index contributed by atoms with van der Waals surface area (Å²) >= 11 is 0. The second-order valence-electron chi connectivity index (χ2n) is 24.1. The predicted molar refractivity (Wildman–Crippen MR) is 321 cm³/mol. The van der Waals surface area contributed by atoms with E-state index in [-0.39, 0.29) is 54.2 Å². The van der Waals surface area contributed by atoms with E-state index in [1.54, 1.807) is 98.4 Å². The number of carbonyl (C=O) groups is 4. The number of aromatic amines is 2. The molecule has 84 heavy (non-hydrogen) atoms. The lowest BCUT2D eigenvalue weighted by Crippen LogP contribution is -2.52. The average molecular weight is 1160 g/mol. The second kappa shape index (κ2) is 26.7. The van der Waals surface area contributed by atoms with Crippen LogP contribution in [0.25, 0.3) is 33.0 Å². The number of aromatic nitrogens is 2. The quantitative estimate of drug-likeness (QED) is 0.0410. The van der Waals surface area contributed by atoms with Gasteiger partial charge in [-0.1, -0.05) is 27.7 Å². The summed E-state index contributed by atoms with van der Waals surface area (Å²) in [6, 6.07) is 23.3. The number of ether oxygens (including phenoxy) is 6. The summed E-state index contributed by atoms with van der Waals surface area (Å²) in [6.45, 7) is 26.1. The maximum Gasteiger partial charge on any atom is 0.342 e. The van der Waals surface area contributed by atoms with Gasteiger partial charge in [-0.25, -0.2) is 18.4 Å². The Morgan fingerprint density at radius 1 is 0.607 bits per heavy atom. The van der Waals surface area contributed by atoms with Crippen molar-refractivity contribution in [2.75, 3.05) is 99.0 Å². The number of benzene rings is 4. The number of likely N-dealkylation sites (N-methyl/N-ethyl adjacent to an activating group) is 1. The van der Waals surface area contributed by atoms with E-state index in [0.717, 1.165) is 105 Å². The molecule has 0 atom stereocenters. The number of hydrogen-bond acceptors (Lipinski definition) is 11. The highest BCUT2D eigenvalue weighted by molar-refractivity contribution is 6.19. The molecule has 4 aliphatic heterocycles. The van der Waals surface area contributed by atoms with E-state index in [0.29, 0.717) is 71.4 Å². The lowest BCUT2D eigenvalue weighted by molar-refractivity contribution is -0.917. The molecule has 2 aromatic heterocycles. The smallest absolute Gasteiger partial charge is 0.342 e. The fourth-order valence-electron chi connectivity index (χ4n) is 11.5. The number of nitrogens with zero attached hydrogens (tertiary/aromatic N) is 4. The topological polar surface area (TPSA) is 165 Å². The molecule has 0 spiro atoms. The molecular formula is C66H82F2N6O10. The highest BCUT2D eigenvalue weighted by Crippen LogP contribution is 2.43. The largest absolute Gasteiger partial charge is 0.494 e. The average Bonchev–Trinajstić information content (AvgIpc) is 2.01. The highest BCUT2D eigenvalue weighted by Gasteiger charge is 2.40. The molecule has 18 heteroatoms. The zero-order chi connectivity index (χ0) is 59.2. The summed E-state index contributed by atoms with van der Waals surface area (Å²) < 4.78 is 63.0. The van der Waals surface area contributed by atoms with E-state index in [9.17, 15) is 28.0 Å². The van der Waals surface area contributed by atoms with Gasteiger partial charge in [-0.15, -0.1) is 0 Å². The van der Waals surface area contributed by atoms with Crippen LogP contribution >= 0.6 is 0 Å². The van der Waals surface area contributed by atoms with Crippen molar-refractivity contribution in [2.45, 2.75) is 91.3 Å². The molecule has 4 aromatic carbocycles. The predicted octanol–water partition coefficient (Wildman–Crippen LogP) is 10.9. The molecule has 2 fully saturated rings. The zero-order valence-corrected chi connectivity index (χ0v) is 50.3. The fraction of sp³-hybridized carbons (Fsp3) is 0.439. The number of hydrogen-bond donors (Lipinski definition) is 2. The molecule has 6 heterocycles. The molecule has 2 saturated heterocycles. The first kappa shape index (κ1) is 62.7. The van der Waals surface area contributed by atoms with Crippen molar-refractivity contribution in [3.05, 3.63) is 150 Å². The Morgan fingerprint density at radius 3 is 1.45 bits per heavy atom. The molecule has 450 valence electrons. The summed E-state index contributed by atoms with van der Waals surface area (Å²) in [5.74, 6) is -0.923. The Bertz CT molecular complexity index is 3370. The molecule has 0 unspecified atom stereocenters. The minimum absolute atomic E-state index is 0. The minimum Gasteiger partial charge on any atom is -0.494 e. The Balaban J connectivity index is 0.000000217. The lowest BCUT2D eigenvalue weighted by atomic mass is 9.81. The van der Waals surface area contributed by atoms with Crippen LogP contribution in [0.3, 0.4) is 0 Å². The third-order valence-corrected chi connectivity index (χ3v) is 15.6. The van der Waals surface area contributed by atoms with Gasteiger partial charge < -0.3 is 60.1 Å². The van der Waals surface area contributed by atoms with Crippen molar-refractivity contribution in [3.63, 3.8) is 0 Å². The third-order valence-electron chi connectivity index (χ3n) is 15.6. The van der Waals surface area contributed by atoms with Gasteiger partial charge in [0.25, 0.3) is 11.8 Å². The first-order valence-corrected chi connectivity index (χ1v) is 28.9. The van der Waals surface area contributed by atoms with Crippen molar-refractivity contribution in [2.24, 2.45) is 0 Å². The summed E-state index contributed by atoms with van der Waals surface area (Å²) in [4.78, 5) is 66.2. The van der Waals surface area contributed by atoms with Crippen LogP contribution in [0.5, 0.6) is 11.5 Å². The number of morpholine rings is 2. The van der Waals surface area contributed by atoms with Crippen LogP contribution < -0.4 is 9.47 Å². The SMILES string of the molecule is CC(C)OC(=O)C1=CN(C(=O)c2ccc(OCCCN3CCOCC3)cc2)CC(C)(C)c2c1[nH]c1cc(F)ccc21.CC(C)OC(=O)C1=CN(C(=O)c2ccc(OCCC[N+]3(C)CCOCC3)cc2)CC(C)(C)c2c1[nH]c1cc(F)ccc21.[CH3-]. The number of amides is 2. The summed E-state index contributed by atoms with van der Waals surface area (Å²) in [6.07, 6.45) is 4.26. The normalized spacial score (nSPS) is 17.3. The molecule has 0 saturated carbocycles. The zero-order valence-electron chi connectivity index (χ0n) is 50.3. The lowest BCUT2D eigenvalue weighted by Gasteiger charge is -2.37. The number of esters is 2. The molecular weight excluding hydrogens is 1070 g/mol. The van der Waals surface area contributed by atoms with Crippen LogP contribution in [0, 0.1) is 19.1 Å². The van der Waals surface area contributed by atoms with E-state index in [2.05, 4.69) is 21.9 Å². The molecule has 2 N–H and O–H groups in total. The van der Waals surface area contributed by atoms with Crippen molar-refractivity contribution in [1.29, 1.82) is 0 Å². The van der Waals surface area contributed by atoms with Crippen LogP contribution in [-0.2, 0) is 39.4 Å². The van der Waals surface area contributed by atoms with Gasteiger partial charge in [-0.3, -0.25) is 14.5 Å². The maximum atomic E-state index is 14.1. The van der Waals surface area contributed by atoms with Gasteiger partial charge in [0.05, 0.1) is 88.0 Å². The summed E-state index contributed by atoms with van der Waals surface area (Å²) in [7, 11) is 2.26. The molecule has 4 aliphatic rings. The number of halogens is 2. The van der Waals surface area contributed by atoms with Crippen LogP contribution in [-0.4, -0.2) is 164 Å². The summed E-state index contributed by atoms with van der Waals surface area (Å²) in [5.41, 5.74) is 4.22. The van der Waals surface area contributed by atoms with Gasteiger partial charge >= 0.3 is 11.9 Å². The van der Waals surface area contributed by atoms with Gasteiger partial charge in [0.1, 0.15) is 36.2 Å². The van der Waals surface area contributed by atoms with Crippen molar-refractivity contribution >= 4 is 56.7 Å². The number of fused-ring (bicyclic) bond motifs is 6. The van der Waals surface area contributed by atoms with Gasteiger partial charge in [-0.05, 0) is 130 Å². The number of carbonyl (C=O) groups excluding carboxylic acids is 4. The second-order valence-corrected chi connectivity index (χ2v) is 24.1. The van der Waals surface area contributed by atoms with Crippen LogP contribution in [0.2, 0.25) is 0 Å². The minimum atomic E-state index is -0.569. The molecule has 0 radical (unpaired) electrons. The molecule has 2 amide bonds. The van der Waals surface area contributed by atoms with E-state index < -0.39 is 22.8 Å². The Labute approximate surface area is 492 Å². The van der Waals surface area contributed by atoms with Gasteiger partial charge in [0, 0.05) is 95.3 Å². The third kappa shape index (κ3) is 14.7. The number of rotatable bonds is 16. The van der Waals surface area contributed by atoms with Gasteiger partial charge in [-0.2, -0.15) is 0 Å². The number of nitrogens with one attached hydrogen (secondary N) is 2. The monoisotopic (exact) mass is 1160 g/mol. The molecule has 16 nitrogen and oxygen atoms in total. The Kier molecular flexibility index (Phi) is 19.9. The van der Waals surface area contributed by atoms with Crippen LogP contribution in [0.15, 0.2) is 97.3 Å². The summed E-state index contributed by atoms with van der Waals surface area (Å²) in [5, 5.41) is 1.61. The number of H-pyrrole nitrogens is 2. The van der Waals surface area contributed by atoms with E-state index in [1.807, 2.05) is 39.8 Å². The highest BCUT2D eigenvalue weighted by atomic mass is 19.1. The van der Waals surface area contributed by atoms with Crippen molar-refractivity contribution in [3.8, 4) is 11.5 Å². The molecule has 0 aliphatic carbocycles. The van der Waals surface area contributed by atoms with E-state index >= 15 is 0 Å². The van der Waals surface area contributed by atoms with Gasteiger partial charge in [0.2, 0.25) is 0 Å².